The van der Waals surface area contributed by atoms with Crippen molar-refractivity contribution in [2.24, 2.45) is 0 Å². The minimum atomic E-state index is -1.21. The first-order valence-electron chi connectivity index (χ1n) is 13.7. The maximum Gasteiger partial charge on any atom is 0.379 e. The molecule has 4 rings (SSSR count). The minimum absolute atomic E-state index is 0.101. The van der Waals surface area contributed by atoms with Crippen LogP contribution in [0.15, 0.2) is 42.5 Å². The molecule has 1 aliphatic heterocycles. The summed E-state index contributed by atoms with van der Waals surface area (Å²) < 4.78 is 14.2. The zero-order chi connectivity index (χ0) is 28.8. The summed E-state index contributed by atoms with van der Waals surface area (Å²) in [5.41, 5.74) is 3.11. The molecule has 0 N–H and O–H groups in total. The first-order chi connectivity index (χ1) is 19.3. The first-order valence-corrected chi connectivity index (χ1v) is 14.1. The summed E-state index contributed by atoms with van der Waals surface area (Å²) in [5, 5.41) is 4.76. The van der Waals surface area contributed by atoms with Gasteiger partial charge in [0.1, 0.15) is 0 Å². The second kappa shape index (κ2) is 13.1. The number of hydrogen-bond acceptors (Lipinski definition) is 5. The zero-order valence-electron chi connectivity index (χ0n) is 23.1. The highest BCUT2D eigenvalue weighted by atomic mass is 35.5. The summed E-state index contributed by atoms with van der Waals surface area (Å²) in [5.74, 6) is -1.84. The molecule has 1 aliphatic rings. The molecule has 0 aliphatic carbocycles. The number of halogens is 2. The van der Waals surface area contributed by atoms with Crippen molar-refractivity contribution in [3.05, 3.63) is 81.1 Å². The smallest absolute Gasteiger partial charge is 0.337 e. The molecule has 0 atom stereocenters. The zero-order valence-corrected chi connectivity index (χ0v) is 23.8. The Bertz CT molecular complexity index is 1400. The molecule has 3 aromatic rings. The van der Waals surface area contributed by atoms with Crippen molar-refractivity contribution in [2.45, 2.75) is 59.4 Å². The number of fused-ring (bicyclic) bond motifs is 1. The highest BCUT2D eigenvalue weighted by Gasteiger charge is 2.29. The third-order valence-corrected chi connectivity index (χ3v) is 7.73. The van der Waals surface area contributed by atoms with Gasteiger partial charge in [-0.25, -0.2) is 14.4 Å². The van der Waals surface area contributed by atoms with Crippen LogP contribution in [0, 0.1) is 6.92 Å². The molecule has 0 spiro atoms. The van der Waals surface area contributed by atoms with Crippen LogP contribution in [0.4, 0.5) is 4.53 Å². The lowest BCUT2D eigenvalue weighted by Gasteiger charge is -2.29. The van der Waals surface area contributed by atoms with E-state index < -0.39 is 5.97 Å². The minimum Gasteiger partial charge on any atom is -0.337 e. The second-order valence-electron chi connectivity index (χ2n) is 10.0. The fourth-order valence-corrected chi connectivity index (χ4v) is 5.12. The van der Waals surface area contributed by atoms with Gasteiger partial charge in [-0.15, -0.1) is 0 Å². The average Bonchev–Trinajstić information content (AvgIpc) is 3.28. The first kappa shape index (κ1) is 29.3. The molecule has 2 amide bonds. The Labute approximate surface area is 238 Å². The van der Waals surface area contributed by atoms with Gasteiger partial charge in [0.2, 0.25) is 0 Å². The fourth-order valence-electron chi connectivity index (χ4n) is 4.92. The Morgan fingerprint density at radius 3 is 2.38 bits per heavy atom. The molecule has 0 bridgehead atoms. The van der Waals surface area contributed by atoms with Crippen LogP contribution < -0.4 is 0 Å². The van der Waals surface area contributed by atoms with Crippen LogP contribution >= 0.6 is 11.6 Å². The van der Waals surface area contributed by atoms with Gasteiger partial charge in [0, 0.05) is 30.7 Å². The maximum atomic E-state index is 13.9. The Morgan fingerprint density at radius 1 is 1.05 bits per heavy atom. The van der Waals surface area contributed by atoms with Gasteiger partial charge in [0.25, 0.3) is 11.8 Å². The quantitative estimate of drug-likeness (QED) is 0.294. The maximum absolute atomic E-state index is 13.9. The van der Waals surface area contributed by atoms with Crippen molar-refractivity contribution in [3.8, 4) is 5.69 Å². The average molecular weight is 569 g/mol. The lowest BCUT2D eigenvalue weighted by atomic mass is 9.98. The Kier molecular flexibility index (Phi) is 9.58. The molecular formula is C30H34ClFN4O4. The number of nitrogens with zero attached hydrogens (tertiary/aromatic N) is 4. The molecule has 0 saturated heterocycles. The van der Waals surface area contributed by atoms with Crippen molar-refractivity contribution in [1.29, 1.82) is 0 Å². The molecule has 0 unspecified atom stereocenters. The summed E-state index contributed by atoms with van der Waals surface area (Å²) in [4.78, 5) is 46.3. The van der Waals surface area contributed by atoms with E-state index in [0.29, 0.717) is 44.0 Å². The van der Waals surface area contributed by atoms with E-state index in [1.807, 2.05) is 24.3 Å². The molecule has 1 aromatic heterocycles. The van der Waals surface area contributed by atoms with Crippen molar-refractivity contribution in [3.63, 3.8) is 0 Å². The molecule has 2 aromatic carbocycles. The van der Waals surface area contributed by atoms with Gasteiger partial charge in [0.15, 0.2) is 5.69 Å². The standard InChI is InChI=1S/C30H34ClFN4O4/c1-4-6-15-34(16-7-5-2)29(38)27-26(31)20(3)36(33-27)25-13-12-22(30(39)40-32)18-24(25)28(37)35-17-14-21-10-8-9-11-23(21)19-35/h8-13,18H,4-7,14-17,19H2,1-3H3. The molecular weight excluding hydrogens is 535 g/mol. The number of carbonyl (C=O) groups excluding carboxylic acids is 3. The fraction of sp³-hybridized carbons (Fsp3) is 0.400. The summed E-state index contributed by atoms with van der Waals surface area (Å²) >= 11 is 6.66. The third-order valence-electron chi connectivity index (χ3n) is 7.28. The van der Waals surface area contributed by atoms with Gasteiger partial charge in [0.05, 0.1) is 27.5 Å². The van der Waals surface area contributed by atoms with E-state index in [1.165, 1.54) is 28.4 Å². The molecule has 212 valence electrons. The topological polar surface area (TPSA) is 84.7 Å². The van der Waals surface area contributed by atoms with Crippen molar-refractivity contribution < 1.29 is 23.9 Å². The highest BCUT2D eigenvalue weighted by Crippen LogP contribution is 2.29. The van der Waals surface area contributed by atoms with Gasteiger partial charge < -0.3 is 9.80 Å². The third kappa shape index (κ3) is 6.04. The SMILES string of the molecule is CCCCN(CCCC)C(=O)c1nn(-c2ccc(C(=O)OF)cc2C(=O)N2CCc3ccccc3C2)c(C)c1Cl. The van der Waals surface area contributed by atoms with Crippen LogP contribution in [-0.4, -0.2) is 57.0 Å². The van der Waals surface area contributed by atoms with E-state index in [4.69, 9.17) is 11.6 Å². The highest BCUT2D eigenvalue weighted by molar-refractivity contribution is 6.34. The van der Waals surface area contributed by atoms with Crippen LogP contribution in [0.1, 0.15) is 87.6 Å². The number of amides is 2. The number of unbranched alkanes of at least 4 members (excludes halogenated alkanes) is 2. The Balaban J connectivity index is 1.75. The van der Waals surface area contributed by atoms with Gasteiger partial charge in [-0.3, -0.25) is 9.59 Å². The predicted molar refractivity (Wildman–Crippen MR) is 150 cm³/mol. The number of aromatic nitrogens is 2. The monoisotopic (exact) mass is 568 g/mol. The van der Waals surface area contributed by atoms with Crippen LogP contribution in [0.2, 0.25) is 5.02 Å². The molecule has 0 radical (unpaired) electrons. The van der Waals surface area contributed by atoms with Crippen molar-refractivity contribution >= 4 is 29.4 Å². The van der Waals surface area contributed by atoms with Gasteiger partial charge in [-0.2, -0.15) is 5.10 Å². The lowest BCUT2D eigenvalue weighted by Crippen LogP contribution is -2.36. The number of rotatable bonds is 10. The molecule has 40 heavy (non-hydrogen) atoms. The molecule has 10 heteroatoms. The Hall–Kier alpha value is -3.72. The van der Waals surface area contributed by atoms with Crippen LogP contribution in [0.25, 0.3) is 5.69 Å². The number of hydrogen-bond donors (Lipinski definition) is 0. The van der Waals surface area contributed by atoms with Crippen LogP contribution in [-0.2, 0) is 17.9 Å². The molecule has 0 fully saturated rings. The van der Waals surface area contributed by atoms with E-state index in [9.17, 15) is 18.9 Å². The van der Waals surface area contributed by atoms with E-state index in [2.05, 4.69) is 23.9 Å². The molecule has 8 nitrogen and oxygen atoms in total. The molecule has 0 saturated carbocycles. The predicted octanol–water partition coefficient (Wildman–Crippen LogP) is 6.12. The van der Waals surface area contributed by atoms with Gasteiger partial charge >= 0.3 is 5.97 Å². The van der Waals surface area contributed by atoms with Gasteiger partial charge in [-0.05, 0) is 55.5 Å². The summed E-state index contributed by atoms with van der Waals surface area (Å²) in [7, 11) is 0. The van der Waals surface area contributed by atoms with E-state index >= 15 is 0 Å². The van der Waals surface area contributed by atoms with Crippen LogP contribution in [0.5, 0.6) is 0 Å². The summed E-state index contributed by atoms with van der Waals surface area (Å²) in [6.07, 6.45) is 4.28. The van der Waals surface area contributed by atoms with E-state index in [1.54, 1.807) is 16.7 Å². The van der Waals surface area contributed by atoms with Crippen molar-refractivity contribution in [1.82, 2.24) is 19.6 Å². The lowest BCUT2D eigenvalue weighted by molar-refractivity contribution is -0.0788. The number of carbonyl (C=O) groups is 3. The molecule has 2 heterocycles. The van der Waals surface area contributed by atoms with Crippen molar-refractivity contribution in [2.75, 3.05) is 19.6 Å². The summed E-state index contributed by atoms with van der Waals surface area (Å²) in [6.45, 7) is 7.89. The van der Waals surface area contributed by atoms with Crippen LogP contribution in [0.3, 0.4) is 0 Å². The largest absolute Gasteiger partial charge is 0.379 e. The van der Waals surface area contributed by atoms with Gasteiger partial charge in [-0.1, -0.05) is 62.6 Å². The van der Waals surface area contributed by atoms with E-state index in [-0.39, 0.29) is 33.7 Å². The summed E-state index contributed by atoms with van der Waals surface area (Å²) in [6, 6.07) is 12.1. The second-order valence-corrected chi connectivity index (χ2v) is 10.4. The number of benzene rings is 2. The Morgan fingerprint density at radius 2 is 1.73 bits per heavy atom. The van der Waals surface area contributed by atoms with E-state index in [0.717, 1.165) is 31.2 Å². The normalized spacial score (nSPS) is 12.7.